The number of hydrogen-bond acceptors (Lipinski definition) is 2. The van der Waals surface area contributed by atoms with Gasteiger partial charge in [0.1, 0.15) is 0 Å². The minimum Gasteiger partial charge on any atom is -0.449 e. The molecule has 1 aromatic carbocycles. The minimum absolute atomic E-state index is 0.0564. The van der Waals surface area contributed by atoms with Crippen LogP contribution < -0.4 is 5.32 Å². The highest BCUT2D eigenvalue weighted by molar-refractivity contribution is 5.84. The summed E-state index contributed by atoms with van der Waals surface area (Å²) in [7, 11) is 0. The molecule has 1 rings (SSSR count). The first kappa shape index (κ1) is 13.3. The molecule has 0 aliphatic carbocycles. The normalized spacial score (nSPS) is 11.1. The van der Waals surface area contributed by atoms with Crippen molar-refractivity contribution in [2.45, 2.75) is 19.5 Å². The van der Waals surface area contributed by atoms with Crippen molar-refractivity contribution in [3.63, 3.8) is 0 Å². The molecule has 1 amide bonds. The van der Waals surface area contributed by atoms with Crippen LogP contribution in [0.15, 0.2) is 24.3 Å². The Balaban J connectivity index is 2.69. The Morgan fingerprint density at radius 2 is 2.12 bits per heavy atom. The molecule has 1 aromatic rings. The highest BCUT2D eigenvalue weighted by Crippen LogP contribution is 2.30. The summed E-state index contributed by atoms with van der Waals surface area (Å²) in [5.74, 6) is 0. The van der Waals surface area contributed by atoms with Crippen LogP contribution in [-0.4, -0.2) is 12.7 Å². The fourth-order valence-electron chi connectivity index (χ4n) is 1.12. The highest BCUT2D eigenvalue weighted by atomic mass is 19.4. The Labute approximate surface area is 96.6 Å². The Kier molecular flexibility index (Phi) is 4.37. The van der Waals surface area contributed by atoms with E-state index in [9.17, 15) is 18.0 Å². The second kappa shape index (κ2) is 5.56. The zero-order valence-corrected chi connectivity index (χ0v) is 9.17. The Bertz CT molecular complexity index is 391. The molecule has 0 spiro atoms. The number of carbonyl (C=O) groups excluding carboxylic acids is 1. The maximum Gasteiger partial charge on any atom is 0.416 e. The van der Waals surface area contributed by atoms with Gasteiger partial charge in [0.05, 0.1) is 12.2 Å². The van der Waals surface area contributed by atoms with Crippen molar-refractivity contribution in [1.82, 2.24) is 0 Å². The van der Waals surface area contributed by atoms with Crippen LogP contribution in [-0.2, 0) is 10.9 Å². The molecule has 3 nitrogen and oxygen atoms in total. The lowest BCUT2D eigenvalue weighted by atomic mass is 10.2. The molecule has 0 aliphatic rings. The van der Waals surface area contributed by atoms with E-state index in [0.29, 0.717) is 6.42 Å². The zero-order valence-electron chi connectivity index (χ0n) is 9.17. The summed E-state index contributed by atoms with van der Waals surface area (Å²) in [5.41, 5.74) is -0.758. The van der Waals surface area contributed by atoms with Gasteiger partial charge in [-0.3, -0.25) is 5.32 Å². The van der Waals surface area contributed by atoms with Crippen molar-refractivity contribution >= 4 is 11.8 Å². The van der Waals surface area contributed by atoms with Crippen molar-refractivity contribution < 1.29 is 22.7 Å². The van der Waals surface area contributed by atoms with Gasteiger partial charge in [-0.05, 0) is 24.6 Å². The largest absolute Gasteiger partial charge is 0.449 e. The molecule has 0 bridgehead atoms. The van der Waals surface area contributed by atoms with E-state index in [4.69, 9.17) is 0 Å². The van der Waals surface area contributed by atoms with Crippen molar-refractivity contribution in [3.8, 4) is 0 Å². The molecular formula is C11H12F3NO2. The topological polar surface area (TPSA) is 38.3 Å². The lowest BCUT2D eigenvalue weighted by Gasteiger charge is -2.09. The summed E-state index contributed by atoms with van der Waals surface area (Å²) in [6.45, 7) is 2.04. The summed E-state index contributed by atoms with van der Waals surface area (Å²) < 4.78 is 41.8. The Morgan fingerprint density at radius 1 is 1.41 bits per heavy atom. The zero-order chi connectivity index (χ0) is 12.9. The van der Waals surface area contributed by atoms with Crippen molar-refractivity contribution in [2.24, 2.45) is 0 Å². The molecule has 0 saturated heterocycles. The van der Waals surface area contributed by atoms with E-state index < -0.39 is 17.8 Å². The van der Waals surface area contributed by atoms with E-state index in [1.165, 1.54) is 12.1 Å². The van der Waals surface area contributed by atoms with Gasteiger partial charge in [-0.25, -0.2) is 4.79 Å². The summed E-state index contributed by atoms with van der Waals surface area (Å²) in [4.78, 5) is 11.1. The summed E-state index contributed by atoms with van der Waals surface area (Å²) in [5, 5.41) is 2.23. The summed E-state index contributed by atoms with van der Waals surface area (Å²) in [6, 6.07) is 4.37. The van der Waals surface area contributed by atoms with E-state index in [1.54, 1.807) is 0 Å². The molecule has 0 aromatic heterocycles. The van der Waals surface area contributed by atoms with Crippen LogP contribution in [0.25, 0.3) is 0 Å². The van der Waals surface area contributed by atoms with E-state index in [1.807, 2.05) is 6.92 Å². The molecule has 6 heteroatoms. The van der Waals surface area contributed by atoms with E-state index in [-0.39, 0.29) is 12.3 Å². The maximum atomic E-state index is 12.4. The Morgan fingerprint density at radius 3 is 2.71 bits per heavy atom. The molecular weight excluding hydrogens is 235 g/mol. The molecule has 0 unspecified atom stereocenters. The fraction of sp³-hybridized carbons (Fsp3) is 0.364. The van der Waals surface area contributed by atoms with Crippen LogP contribution in [0.3, 0.4) is 0 Å². The van der Waals surface area contributed by atoms with E-state index in [0.717, 1.165) is 12.1 Å². The molecule has 17 heavy (non-hydrogen) atoms. The number of rotatable bonds is 3. The molecule has 0 atom stereocenters. The number of halogens is 3. The number of ether oxygens (including phenoxy) is 1. The SMILES string of the molecule is CCCOC(=O)Nc1cccc(C(F)(F)F)c1. The monoisotopic (exact) mass is 247 g/mol. The third-order valence-corrected chi connectivity index (χ3v) is 1.87. The highest BCUT2D eigenvalue weighted by Gasteiger charge is 2.30. The van der Waals surface area contributed by atoms with Gasteiger partial charge in [-0.1, -0.05) is 13.0 Å². The second-order valence-electron chi connectivity index (χ2n) is 3.34. The molecule has 0 heterocycles. The lowest BCUT2D eigenvalue weighted by molar-refractivity contribution is -0.137. The minimum atomic E-state index is -4.43. The van der Waals surface area contributed by atoms with Crippen LogP contribution in [0.4, 0.5) is 23.7 Å². The predicted molar refractivity (Wildman–Crippen MR) is 56.7 cm³/mol. The number of anilines is 1. The van der Waals surface area contributed by atoms with Gasteiger partial charge in [0.25, 0.3) is 0 Å². The number of carbonyl (C=O) groups is 1. The average Bonchev–Trinajstić information content (AvgIpc) is 2.25. The molecule has 1 N–H and O–H groups in total. The first-order valence-electron chi connectivity index (χ1n) is 5.04. The van der Waals surface area contributed by atoms with Gasteiger partial charge >= 0.3 is 12.3 Å². The van der Waals surface area contributed by atoms with Crippen LogP contribution in [0, 0.1) is 0 Å². The summed E-state index contributed by atoms with van der Waals surface area (Å²) in [6.07, 6.45) is -4.53. The predicted octanol–water partition coefficient (Wildman–Crippen LogP) is 3.66. The number of benzene rings is 1. The number of alkyl halides is 3. The molecule has 0 saturated carbocycles. The fourth-order valence-corrected chi connectivity index (χ4v) is 1.12. The third-order valence-electron chi connectivity index (χ3n) is 1.87. The van der Waals surface area contributed by atoms with Crippen LogP contribution >= 0.6 is 0 Å². The van der Waals surface area contributed by atoms with Crippen molar-refractivity contribution in [3.05, 3.63) is 29.8 Å². The number of amides is 1. The second-order valence-corrected chi connectivity index (χ2v) is 3.34. The van der Waals surface area contributed by atoms with Gasteiger partial charge in [0, 0.05) is 5.69 Å². The first-order chi connectivity index (χ1) is 7.93. The van der Waals surface area contributed by atoms with E-state index >= 15 is 0 Å². The van der Waals surface area contributed by atoms with Gasteiger partial charge in [-0.2, -0.15) is 13.2 Å². The quantitative estimate of drug-likeness (QED) is 0.885. The van der Waals surface area contributed by atoms with Crippen LogP contribution in [0.1, 0.15) is 18.9 Å². The van der Waals surface area contributed by atoms with E-state index in [2.05, 4.69) is 10.1 Å². The van der Waals surface area contributed by atoms with Gasteiger partial charge in [0.2, 0.25) is 0 Å². The van der Waals surface area contributed by atoms with Crippen LogP contribution in [0.2, 0.25) is 0 Å². The first-order valence-corrected chi connectivity index (χ1v) is 5.04. The van der Waals surface area contributed by atoms with Crippen LogP contribution in [0.5, 0.6) is 0 Å². The van der Waals surface area contributed by atoms with Gasteiger partial charge in [-0.15, -0.1) is 0 Å². The van der Waals surface area contributed by atoms with Gasteiger partial charge < -0.3 is 4.74 Å². The standard InChI is InChI=1S/C11H12F3NO2/c1-2-6-17-10(16)15-9-5-3-4-8(7-9)11(12,13)14/h3-5,7H,2,6H2,1H3,(H,15,16). The maximum absolute atomic E-state index is 12.4. The smallest absolute Gasteiger partial charge is 0.416 e. The molecule has 0 aliphatic heterocycles. The Hall–Kier alpha value is -1.72. The molecule has 0 radical (unpaired) electrons. The van der Waals surface area contributed by atoms with Crippen molar-refractivity contribution in [2.75, 3.05) is 11.9 Å². The summed E-state index contributed by atoms with van der Waals surface area (Å²) >= 11 is 0. The molecule has 94 valence electrons. The van der Waals surface area contributed by atoms with Crippen molar-refractivity contribution in [1.29, 1.82) is 0 Å². The number of hydrogen-bond donors (Lipinski definition) is 1. The van der Waals surface area contributed by atoms with Gasteiger partial charge in [0.15, 0.2) is 0 Å². The average molecular weight is 247 g/mol. The third kappa shape index (κ3) is 4.34. The number of nitrogens with one attached hydrogen (secondary N) is 1. The lowest BCUT2D eigenvalue weighted by Crippen LogP contribution is -2.14. The molecule has 0 fully saturated rings.